The molecule has 0 unspecified atom stereocenters. The fraction of sp³-hybridized carbons (Fsp3) is 0. The van der Waals surface area contributed by atoms with Gasteiger partial charge in [0.1, 0.15) is 12.1 Å². The first-order valence-electron chi connectivity index (χ1n) is 20.4. The average molecular weight is 776 g/mol. The largest absolute Gasteiger partial charge is 0.309 e. The predicted octanol–water partition coefficient (Wildman–Crippen LogP) is 14.1. The highest BCUT2D eigenvalue weighted by Gasteiger charge is 2.24. The second kappa shape index (κ2) is 13.5. The standard InChI is InChI=1S/C56H33N5/c57-34-37-32-31-36(33-38(37)35-58)55-44(21-13-28-52(55)59-46-22-7-1-15-39(46)40-16-2-8-23-47(40)59)43-19-5-11-26-50(43)61-51-27-12-6-20-45(51)56-53(29-14-30-54(56)61)60-48-24-9-3-17-41(48)42-18-4-10-25-49(42)60/h1-33H. The number of rotatable bonds is 5. The summed E-state index contributed by atoms with van der Waals surface area (Å²) in [4.78, 5) is 0. The second-order valence-electron chi connectivity index (χ2n) is 15.5. The molecule has 0 aliphatic carbocycles. The summed E-state index contributed by atoms with van der Waals surface area (Å²) in [7, 11) is 0. The Kier molecular flexibility index (Phi) is 7.59. The van der Waals surface area contributed by atoms with Crippen molar-refractivity contribution in [1.29, 1.82) is 10.5 Å². The maximum atomic E-state index is 10.3. The molecular weight excluding hydrogens is 743 g/mol. The first-order chi connectivity index (χ1) is 30.2. The van der Waals surface area contributed by atoms with E-state index in [1.54, 1.807) is 6.07 Å². The van der Waals surface area contributed by atoms with E-state index in [2.05, 4.69) is 208 Å². The third-order valence-electron chi connectivity index (χ3n) is 12.3. The minimum atomic E-state index is 0.344. The molecule has 0 atom stereocenters. The number of hydrogen-bond donors (Lipinski definition) is 0. The highest BCUT2D eigenvalue weighted by atomic mass is 15.0. The van der Waals surface area contributed by atoms with Crippen LogP contribution in [-0.4, -0.2) is 13.7 Å². The van der Waals surface area contributed by atoms with Crippen LogP contribution in [0, 0.1) is 22.7 Å². The van der Waals surface area contributed by atoms with E-state index in [-0.39, 0.29) is 0 Å². The lowest BCUT2D eigenvalue weighted by molar-refractivity contribution is 1.16. The molecule has 0 radical (unpaired) electrons. The lowest BCUT2D eigenvalue weighted by atomic mass is 9.90. The number of nitriles is 2. The quantitative estimate of drug-likeness (QED) is 0.175. The van der Waals surface area contributed by atoms with Gasteiger partial charge in [-0.1, -0.05) is 133 Å². The van der Waals surface area contributed by atoms with Crippen molar-refractivity contribution in [2.75, 3.05) is 0 Å². The van der Waals surface area contributed by atoms with Crippen molar-refractivity contribution in [3.05, 3.63) is 211 Å². The Morgan fingerprint density at radius 2 is 0.721 bits per heavy atom. The summed E-state index contributed by atoms with van der Waals surface area (Å²) >= 11 is 0. The smallest absolute Gasteiger partial charge is 0.101 e. The summed E-state index contributed by atoms with van der Waals surface area (Å²) in [5, 5.41) is 27.4. The zero-order valence-corrected chi connectivity index (χ0v) is 32.8. The van der Waals surface area contributed by atoms with E-state index in [0.29, 0.717) is 11.1 Å². The number of nitrogens with zero attached hydrogens (tertiary/aromatic N) is 5. The summed E-state index contributed by atoms with van der Waals surface area (Å²) in [6, 6.07) is 75.0. The SMILES string of the molecule is N#Cc1ccc(-c2c(-c3ccccc3-n3c4ccccc4c4c(-n5c6ccccc6c6ccccc65)cccc43)cccc2-n2c3ccccc3c3ccccc32)cc1C#N. The maximum Gasteiger partial charge on any atom is 0.101 e. The van der Waals surface area contributed by atoms with E-state index in [0.717, 1.165) is 77.5 Å². The first-order valence-corrected chi connectivity index (χ1v) is 20.4. The van der Waals surface area contributed by atoms with Crippen molar-refractivity contribution >= 4 is 65.4 Å². The Balaban J connectivity index is 1.18. The van der Waals surface area contributed by atoms with Crippen LogP contribution in [0.5, 0.6) is 0 Å². The molecular formula is C56H33N5. The number of para-hydroxylation sites is 6. The molecule has 3 aromatic heterocycles. The molecule has 282 valence electrons. The number of benzene rings is 9. The van der Waals surface area contributed by atoms with Crippen LogP contribution in [0.25, 0.3) is 105 Å². The van der Waals surface area contributed by atoms with Gasteiger partial charge in [0.2, 0.25) is 0 Å². The molecule has 0 amide bonds. The number of hydrogen-bond acceptors (Lipinski definition) is 2. The fourth-order valence-corrected chi connectivity index (χ4v) is 9.85. The molecule has 0 aliphatic rings. The van der Waals surface area contributed by atoms with Crippen molar-refractivity contribution < 1.29 is 0 Å². The zero-order chi connectivity index (χ0) is 40.6. The van der Waals surface area contributed by atoms with Crippen LogP contribution in [0.3, 0.4) is 0 Å². The monoisotopic (exact) mass is 775 g/mol. The Morgan fingerprint density at radius 3 is 1.31 bits per heavy atom. The third kappa shape index (κ3) is 4.99. The van der Waals surface area contributed by atoms with Crippen LogP contribution in [0.15, 0.2) is 200 Å². The predicted molar refractivity (Wildman–Crippen MR) is 250 cm³/mol. The minimum absolute atomic E-state index is 0.344. The Labute approximate surface area is 351 Å². The van der Waals surface area contributed by atoms with Gasteiger partial charge in [-0.15, -0.1) is 0 Å². The van der Waals surface area contributed by atoms with Gasteiger partial charge in [0, 0.05) is 43.4 Å². The van der Waals surface area contributed by atoms with Crippen LogP contribution >= 0.6 is 0 Å². The van der Waals surface area contributed by atoms with E-state index < -0.39 is 0 Å². The molecule has 3 heterocycles. The second-order valence-corrected chi connectivity index (χ2v) is 15.5. The minimum Gasteiger partial charge on any atom is -0.309 e. The van der Waals surface area contributed by atoms with Crippen molar-refractivity contribution in [3.8, 4) is 51.5 Å². The van der Waals surface area contributed by atoms with E-state index >= 15 is 0 Å². The van der Waals surface area contributed by atoms with Crippen molar-refractivity contribution in [2.24, 2.45) is 0 Å². The van der Waals surface area contributed by atoms with Gasteiger partial charge in [0.15, 0.2) is 0 Å². The fourth-order valence-electron chi connectivity index (χ4n) is 9.85. The van der Waals surface area contributed by atoms with Gasteiger partial charge in [0.25, 0.3) is 0 Å². The topological polar surface area (TPSA) is 62.4 Å². The van der Waals surface area contributed by atoms with Crippen molar-refractivity contribution in [3.63, 3.8) is 0 Å². The van der Waals surface area contributed by atoms with Gasteiger partial charge in [-0.2, -0.15) is 10.5 Å². The normalized spacial score (nSPS) is 11.6. The molecule has 0 spiro atoms. The first kappa shape index (κ1) is 34.4. The van der Waals surface area contributed by atoms with Gasteiger partial charge >= 0.3 is 0 Å². The van der Waals surface area contributed by atoms with Crippen LogP contribution < -0.4 is 0 Å². The maximum absolute atomic E-state index is 10.3. The lowest BCUT2D eigenvalue weighted by Crippen LogP contribution is -2.02. The third-order valence-corrected chi connectivity index (χ3v) is 12.3. The molecule has 0 N–H and O–H groups in total. The van der Waals surface area contributed by atoms with Crippen molar-refractivity contribution in [1.82, 2.24) is 13.7 Å². The van der Waals surface area contributed by atoms with Gasteiger partial charge < -0.3 is 13.7 Å². The van der Waals surface area contributed by atoms with Gasteiger partial charge in [-0.25, -0.2) is 0 Å². The van der Waals surface area contributed by atoms with E-state index in [9.17, 15) is 10.5 Å². The highest BCUT2D eigenvalue weighted by Crippen LogP contribution is 2.45. The summed E-state index contributed by atoms with van der Waals surface area (Å²) in [6.45, 7) is 0. The molecule has 0 bridgehead atoms. The van der Waals surface area contributed by atoms with Crippen LogP contribution in [0.1, 0.15) is 11.1 Å². The highest BCUT2D eigenvalue weighted by molar-refractivity contribution is 6.17. The Bertz CT molecular complexity index is 3750. The zero-order valence-electron chi connectivity index (χ0n) is 32.8. The molecule has 9 aromatic carbocycles. The van der Waals surface area contributed by atoms with Gasteiger partial charge in [-0.05, 0) is 77.9 Å². The molecule has 0 aliphatic heterocycles. The van der Waals surface area contributed by atoms with E-state index in [4.69, 9.17) is 0 Å². The molecule has 12 rings (SSSR count). The van der Waals surface area contributed by atoms with Crippen LogP contribution in [0.2, 0.25) is 0 Å². The number of aromatic nitrogens is 3. The molecule has 0 saturated carbocycles. The van der Waals surface area contributed by atoms with Crippen LogP contribution in [0.4, 0.5) is 0 Å². The summed E-state index contributed by atoms with van der Waals surface area (Å²) in [5.41, 5.74) is 14.4. The molecule has 5 nitrogen and oxygen atoms in total. The lowest BCUT2D eigenvalue weighted by Gasteiger charge is -2.21. The Hall–Kier alpha value is -8.64. The molecule has 0 fully saturated rings. The van der Waals surface area contributed by atoms with Gasteiger partial charge in [-0.3, -0.25) is 0 Å². The van der Waals surface area contributed by atoms with Gasteiger partial charge in [0.05, 0.1) is 61.3 Å². The Morgan fingerprint density at radius 1 is 0.311 bits per heavy atom. The average Bonchev–Trinajstić information content (AvgIpc) is 3.97. The summed E-state index contributed by atoms with van der Waals surface area (Å²) in [5.74, 6) is 0. The van der Waals surface area contributed by atoms with E-state index in [1.165, 1.54) is 27.2 Å². The molecule has 5 heteroatoms. The van der Waals surface area contributed by atoms with Crippen LogP contribution in [-0.2, 0) is 0 Å². The summed E-state index contributed by atoms with van der Waals surface area (Å²) < 4.78 is 7.17. The number of fused-ring (bicyclic) bond motifs is 9. The molecule has 61 heavy (non-hydrogen) atoms. The van der Waals surface area contributed by atoms with Crippen molar-refractivity contribution in [2.45, 2.75) is 0 Å². The van der Waals surface area contributed by atoms with E-state index in [1.807, 2.05) is 12.1 Å². The molecule has 12 aromatic rings. The summed E-state index contributed by atoms with van der Waals surface area (Å²) in [6.07, 6.45) is 0. The molecule has 0 saturated heterocycles.